The molecule has 0 radical (unpaired) electrons. The van der Waals surface area contributed by atoms with Gasteiger partial charge in [-0.05, 0) is 43.5 Å². The monoisotopic (exact) mass is 277 g/mol. The lowest BCUT2D eigenvalue weighted by atomic mass is 10.1. The molecule has 1 heterocycles. The van der Waals surface area contributed by atoms with Crippen LogP contribution in [0.2, 0.25) is 0 Å². The third-order valence-corrected chi connectivity index (χ3v) is 3.51. The van der Waals surface area contributed by atoms with Gasteiger partial charge in [0.05, 0.1) is 13.2 Å². The molecule has 1 N–H and O–H groups in total. The van der Waals surface area contributed by atoms with E-state index in [1.807, 2.05) is 0 Å². The number of ether oxygens (including phenoxy) is 2. The van der Waals surface area contributed by atoms with Gasteiger partial charge in [-0.15, -0.1) is 0 Å². The third-order valence-electron chi connectivity index (χ3n) is 3.51. The minimum absolute atomic E-state index is 0.594. The average molecular weight is 277 g/mol. The first-order valence-corrected chi connectivity index (χ1v) is 7.87. The molecule has 2 rings (SSSR count). The average Bonchev–Trinajstić information content (AvgIpc) is 2.67. The van der Waals surface area contributed by atoms with Gasteiger partial charge in [0.25, 0.3) is 0 Å². The molecule has 0 saturated heterocycles. The van der Waals surface area contributed by atoms with E-state index in [1.165, 1.54) is 24.8 Å². The highest BCUT2D eigenvalue weighted by Gasteiger charge is 2.10. The molecule has 0 saturated carbocycles. The second-order valence-electron chi connectivity index (χ2n) is 5.75. The number of fused-ring (bicyclic) bond motifs is 1. The molecule has 3 nitrogen and oxygen atoms in total. The molecule has 1 aliphatic rings. The van der Waals surface area contributed by atoms with Gasteiger partial charge in [0.2, 0.25) is 0 Å². The fourth-order valence-electron chi connectivity index (χ4n) is 2.38. The Morgan fingerprint density at radius 3 is 2.65 bits per heavy atom. The summed E-state index contributed by atoms with van der Waals surface area (Å²) >= 11 is 0. The van der Waals surface area contributed by atoms with Crippen LogP contribution in [0, 0.1) is 0 Å². The second kappa shape index (κ2) is 8.15. The fourth-order valence-corrected chi connectivity index (χ4v) is 2.38. The lowest BCUT2D eigenvalue weighted by Gasteiger charge is -2.10. The van der Waals surface area contributed by atoms with Crippen LogP contribution in [0.3, 0.4) is 0 Å². The molecule has 1 aliphatic heterocycles. The van der Waals surface area contributed by atoms with Crippen LogP contribution in [0.15, 0.2) is 18.2 Å². The van der Waals surface area contributed by atoms with E-state index >= 15 is 0 Å². The summed E-state index contributed by atoms with van der Waals surface area (Å²) in [6.07, 6.45) is 5.85. The molecule has 0 aromatic heterocycles. The summed E-state index contributed by atoms with van der Waals surface area (Å²) in [6, 6.07) is 6.96. The largest absolute Gasteiger partial charge is 0.490 e. The van der Waals surface area contributed by atoms with Gasteiger partial charge in [-0.1, -0.05) is 26.3 Å². The SMILES string of the molecule is CC(C)NCCCCCc1ccc2c(c1)OCCCO2. The van der Waals surface area contributed by atoms with Gasteiger partial charge in [-0.25, -0.2) is 0 Å². The van der Waals surface area contributed by atoms with Gasteiger partial charge in [0, 0.05) is 12.5 Å². The van der Waals surface area contributed by atoms with Gasteiger partial charge in [0.15, 0.2) is 11.5 Å². The summed E-state index contributed by atoms with van der Waals surface area (Å²) in [5.74, 6) is 1.81. The maximum atomic E-state index is 5.73. The molecule has 0 aliphatic carbocycles. The van der Waals surface area contributed by atoms with Gasteiger partial charge >= 0.3 is 0 Å². The van der Waals surface area contributed by atoms with Crippen LogP contribution in [0.25, 0.3) is 0 Å². The van der Waals surface area contributed by atoms with E-state index in [-0.39, 0.29) is 0 Å². The molecule has 0 amide bonds. The first kappa shape index (κ1) is 15.2. The first-order valence-electron chi connectivity index (χ1n) is 7.87. The van der Waals surface area contributed by atoms with Crippen molar-refractivity contribution in [2.45, 2.75) is 52.0 Å². The maximum Gasteiger partial charge on any atom is 0.161 e. The summed E-state index contributed by atoms with van der Waals surface area (Å²) in [5.41, 5.74) is 1.35. The number of rotatable bonds is 7. The van der Waals surface area contributed by atoms with E-state index < -0.39 is 0 Å². The molecule has 0 unspecified atom stereocenters. The molecule has 3 heteroatoms. The van der Waals surface area contributed by atoms with Crippen molar-refractivity contribution in [3.63, 3.8) is 0 Å². The van der Waals surface area contributed by atoms with Crippen molar-refractivity contribution in [2.75, 3.05) is 19.8 Å². The fraction of sp³-hybridized carbons (Fsp3) is 0.647. The predicted molar refractivity (Wildman–Crippen MR) is 82.7 cm³/mol. The molecule has 1 aromatic rings. The standard InChI is InChI=1S/C17H27NO2/c1-14(2)18-10-5-3-4-7-15-8-9-16-17(13-15)20-12-6-11-19-16/h8-9,13-14,18H,3-7,10-12H2,1-2H3. The first-order chi connectivity index (χ1) is 9.75. The maximum absolute atomic E-state index is 5.73. The zero-order valence-corrected chi connectivity index (χ0v) is 12.8. The minimum atomic E-state index is 0.594. The molecular weight excluding hydrogens is 250 g/mol. The third kappa shape index (κ3) is 5.04. The van der Waals surface area contributed by atoms with E-state index in [9.17, 15) is 0 Å². The molecular formula is C17H27NO2. The van der Waals surface area contributed by atoms with Crippen molar-refractivity contribution in [3.05, 3.63) is 23.8 Å². The highest BCUT2D eigenvalue weighted by Crippen LogP contribution is 2.30. The smallest absolute Gasteiger partial charge is 0.161 e. The Balaban J connectivity index is 1.72. The number of hydrogen-bond acceptors (Lipinski definition) is 3. The Morgan fingerprint density at radius 2 is 1.85 bits per heavy atom. The Bertz CT molecular complexity index is 404. The van der Waals surface area contributed by atoms with Crippen LogP contribution in [-0.2, 0) is 6.42 Å². The summed E-state index contributed by atoms with van der Waals surface area (Å²) < 4.78 is 11.4. The molecule has 0 bridgehead atoms. The van der Waals surface area contributed by atoms with E-state index in [1.54, 1.807) is 0 Å². The van der Waals surface area contributed by atoms with Crippen molar-refractivity contribution in [1.82, 2.24) is 5.32 Å². The molecule has 1 aromatic carbocycles. The van der Waals surface area contributed by atoms with Crippen LogP contribution in [-0.4, -0.2) is 25.8 Å². The number of nitrogens with one attached hydrogen (secondary N) is 1. The number of unbranched alkanes of at least 4 members (excludes halogenated alkanes) is 2. The normalized spacial score (nSPS) is 14.3. The number of hydrogen-bond donors (Lipinski definition) is 1. The predicted octanol–water partition coefficient (Wildman–Crippen LogP) is 3.56. The topological polar surface area (TPSA) is 30.5 Å². The lowest BCUT2D eigenvalue weighted by Crippen LogP contribution is -2.23. The Kier molecular flexibility index (Phi) is 6.19. The second-order valence-corrected chi connectivity index (χ2v) is 5.75. The van der Waals surface area contributed by atoms with Crippen LogP contribution in [0.5, 0.6) is 11.5 Å². The molecule has 20 heavy (non-hydrogen) atoms. The van der Waals surface area contributed by atoms with Crippen LogP contribution in [0.1, 0.15) is 45.1 Å². The van der Waals surface area contributed by atoms with Crippen molar-refractivity contribution in [3.8, 4) is 11.5 Å². The van der Waals surface area contributed by atoms with E-state index in [0.29, 0.717) is 6.04 Å². The number of aryl methyl sites for hydroxylation is 1. The highest BCUT2D eigenvalue weighted by molar-refractivity contribution is 5.43. The zero-order valence-electron chi connectivity index (χ0n) is 12.8. The van der Waals surface area contributed by atoms with Crippen LogP contribution in [0.4, 0.5) is 0 Å². The van der Waals surface area contributed by atoms with Gasteiger partial charge in [-0.2, -0.15) is 0 Å². The Morgan fingerprint density at radius 1 is 1.05 bits per heavy atom. The van der Waals surface area contributed by atoms with Crippen LogP contribution >= 0.6 is 0 Å². The minimum Gasteiger partial charge on any atom is -0.490 e. The molecule has 0 spiro atoms. The lowest BCUT2D eigenvalue weighted by molar-refractivity contribution is 0.297. The van der Waals surface area contributed by atoms with E-state index in [2.05, 4.69) is 37.4 Å². The van der Waals surface area contributed by atoms with E-state index in [4.69, 9.17) is 9.47 Å². The molecule has 112 valence electrons. The summed E-state index contributed by atoms with van der Waals surface area (Å²) in [6.45, 7) is 7.03. The number of benzene rings is 1. The van der Waals surface area contributed by atoms with Gasteiger partial charge < -0.3 is 14.8 Å². The van der Waals surface area contributed by atoms with Gasteiger partial charge in [-0.3, -0.25) is 0 Å². The summed E-state index contributed by atoms with van der Waals surface area (Å²) in [7, 11) is 0. The Hall–Kier alpha value is -1.22. The van der Waals surface area contributed by atoms with Crippen molar-refractivity contribution < 1.29 is 9.47 Å². The highest BCUT2D eigenvalue weighted by atomic mass is 16.5. The van der Waals surface area contributed by atoms with Crippen molar-refractivity contribution in [2.24, 2.45) is 0 Å². The Labute approximate surface area is 122 Å². The zero-order chi connectivity index (χ0) is 14.2. The van der Waals surface area contributed by atoms with Crippen molar-refractivity contribution in [1.29, 1.82) is 0 Å². The summed E-state index contributed by atoms with van der Waals surface area (Å²) in [4.78, 5) is 0. The van der Waals surface area contributed by atoms with E-state index in [0.717, 1.165) is 44.1 Å². The summed E-state index contributed by atoms with van der Waals surface area (Å²) in [5, 5.41) is 3.46. The molecule has 0 fully saturated rings. The van der Waals surface area contributed by atoms with Gasteiger partial charge in [0.1, 0.15) is 0 Å². The van der Waals surface area contributed by atoms with Crippen molar-refractivity contribution >= 4 is 0 Å². The van der Waals surface area contributed by atoms with Crippen LogP contribution < -0.4 is 14.8 Å². The molecule has 0 atom stereocenters. The quantitative estimate of drug-likeness (QED) is 0.773.